The molecule has 24 heavy (non-hydrogen) atoms. The lowest BCUT2D eigenvalue weighted by Gasteiger charge is -2.28. The first-order chi connectivity index (χ1) is 11.1. The average molecular weight is 320 g/mol. The zero-order valence-electron chi connectivity index (χ0n) is 15.7. The molecule has 0 heterocycles. The Labute approximate surface area is 146 Å². The van der Waals surface area contributed by atoms with E-state index in [1.807, 2.05) is 30.3 Å². The Morgan fingerprint density at radius 1 is 0.833 bits per heavy atom. The first-order valence-electron chi connectivity index (χ1n) is 8.50. The molecule has 0 spiro atoms. The molecule has 0 amide bonds. The summed E-state index contributed by atoms with van der Waals surface area (Å²) in [6.07, 6.45) is 0.682. The van der Waals surface area contributed by atoms with E-state index in [1.165, 1.54) is 0 Å². The molecule has 0 atom stereocenters. The van der Waals surface area contributed by atoms with Crippen molar-refractivity contribution < 1.29 is 5.11 Å². The van der Waals surface area contributed by atoms with Crippen molar-refractivity contribution in [3.8, 4) is 17.6 Å². The molecule has 1 heteroatoms. The van der Waals surface area contributed by atoms with Crippen molar-refractivity contribution in [2.75, 3.05) is 0 Å². The number of phenols is 1. The molecular weight excluding hydrogens is 292 g/mol. The normalized spacial score (nSPS) is 11.8. The maximum Gasteiger partial charge on any atom is 0.123 e. The van der Waals surface area contributed by atoms with Crippen LogP contribution in [0.3, 0.4) is 0 Å². The van der Waals surface area contributed by atoms with Crippen molar-refractivity contribution in [3.05, 3.63) is 64.7 Å². The van der Waals surface area contributed by atoms with E-state index in [0.717, 1.165) is 22.3 Å². The molecule has 0 unspecified atom stereocenters. The second kappa shape index (κ2) is 6.73. The lowest BCUT2D eigenvalue weighted by atomic mass is 9.78. The van der Waals surface area contributed by atoms with Crippen molar-refractivity contribution in [2.24, 2.45) is 0 Å². The van der Waals surface area contributed by atoms with Gasteiger partial charge < -0.3 is 5.11 Å². The molecule has 2 rings (SSSR count). The Balaban J connectivity index is 2.42. The summed E-state index contributed by atoms with van der Waals surface area (Å²) in [4.78, 5) is 0. The fraction of sp³-hybridized carbons (Fsp3) is 0.391. The topological polar surface area (TPSA) is 20.2 Å². The Morgan fingerprint density at radius 2 is 1.33 bits per heavy atom. The van der Waals surface area contributed by atoms with Crippen LogP contribution in [0, 0.1) is 11.8 Å². The van der Waals surface area contributed by atoms with Gasteiger partial charge in [0.15, 0.2) is 0 Å². The van der Waals surface area contributed by atoms with Gasteiger partial charge in [0, 0.05) is 12.0 Å². The lowest BCUT2D eigenvalue weighted by molar-refractivity contribution is 0.423. The maximum atomic E-state index is 10.8. The highest BCUT2D eigenvalue weighted by Gasteiger charge is 2.26. The van der Waals surface area contributed by atoms with Crippen molar-refractivity contribution in [1.82, 2.24) is 0 Å². The van der Waals surface area contributed by atoms with Gasteiger partial charge in [0.05, 0.1) is 0 Å². The van der Waals surface area contributed by atoms with Gasteiger partial charge in [-0.05, 0) is 39.7 Å². The van der Waals surface area contributed by atoms with Gasteiger partial charge in [-0.1, -0.05) is 83.7 Å². The van der Waals surface area contributed by atoms with Crippen molar-refractivity contribution in [2.45, 2.75) is 58.8 Å². The van der Waals surface area contributed by atoms with Gasteiger partial charge in [0.1, 0.15) is 5.75 Å². The minimum Gasteiger partial charge on any atom is -0.507 e. The minimum atomic E-state index is -0.104. The van der Waals surface area contributed by atoms with Gasteiger partial charge in [0.2, 0.25) is 0 Å². The predicted molar refractivity (Wildman–Crippen MR) is 103 cm³/mol. The van der Waals surface area contributed by atoms with Gasteiger partial charge in [-0.15, -0.1) is 0 Å². The number of aromatic hydroxyl groups is 1. The van der Waals surface area contributed by atoms with Crippen LogP contribution in [0.4, 0.5) is 0 Å². The summed E-state index contributed by atoms with van der Waals surface area (Å²) in [5, 5.41) is 10.8. The first kappa shape index (κ1) is 18.1. The minimum absolute atomic E-state index is 0.104. The quantitative estimate of drug-likeness (QED) is 0.680. The third-order valence-electron chi connectivity index (χ3n) is 4.08. The highest BCUT2D eigenvalue weighted by Crippen LogP contribution is 2.39. The van der Waals surface area contributed by atoms with Crippen LogP contribution >= 0.6 is 0 Å². The molecule has 1 N–H and O–H groups in total. The van der Waals surface area contributed by atoms with Crippen LogP contribution < -0.4 is 0 Å². The van der Waals surface area contributed by atoms with Gasteiger partial charge in [-0.3, -0.25) is 0 Å². The zero-order chi connectivity index (χ0) is 18.0. The number of hydrogen-bond acceptors (Lipinski definition) is 1. The van der Waals surface area contributed by atoms with E-state index in [1.54, 1.807) is 0 Å². The standard InChI is InChI=1S/C23H28O/c1-22(2,3)19-15-18(16-20(21(19)24)23(4,5)6)14-10-13-17-11-8-7-9-12-17/h7-9,11-12,15-16,24H,14H2,1-6H3. The molecule has 2 aromatic rings. The molecule has 2 aromatic carbocycles. The van der Waals surface area contributed by atoms with E-state index in [-0.39, 0.29) is 10.8 Å². The molecule has 0 saturated carbocycles. The molecule has 0 bridgehead atoms. The highest BCUT2D eigenvalue weighted by molar-refractivity contribution is 5.50. The summed E-state index contributed by atoms with van der Waals surface area (Å²) in [5.41, 5.74) is 3.97. The smallest absolute Gasteiger partial charge is 0.123 e. The summed E-state index contributed by atoms with van der Waals surface area (Å²) < 4.78 is 0. The van der Waals surface area contributed by atoms with Crippen LogP contribution in [-0.2, 0) is 17.3 Å². The van der Waals surface area contributed by atoms with Crippen molar-refractivity contribution in [3.63, 3.8) is 0 Å². The highest BCUT2D eigenvalue weighted by atomic mass is 16.3. The average Bonchev–Trinajstić information content (AvgIpc) is 2.47. The van der Waals surface area contributed by atoms with Crippen LogP contribution in [0.1, 0.15) is 63.8 Å². The van der Waals surface area contributed by atoms with Crippen LogP contribution in [-0.4, -0.2) is 5.11 Å². The lowest BCUT2D eigenvalue weighted by Crippen LogP contribution is -2.17. The number of phenolic OH excluding ortho intramolecular Hbond substituents is 1. The summed E-state index contributed by atoms with van der Waals surface area (Å²) >= 11 is 0. The molecular formula is C23H28O. The van der Waals surface area contributed by atoms with E-state index < -0.39 is 0 Å². The van der Waals surface area contributed by atoms with Crippen LogP contribution in [0.2, 0.25) is 0 Å². The van der Waals surface area contributed by atoms with E-state index >= 15 is 0 Å². The second-order valence-electron chi connectivity index (χ2n) is 8.38. The summed E-state index contributed by atoms with van der Waals surface area (Å²) in [7, 11) is 0. The number of benzene rings is 2. The molecule has 0 aliphatic rings. The SMILES string of the molecule is CC(C)(C)c1cc(CC#Cc2ccccc2)cc(C(C)(C)C)c1O. The maximum absolute atomic E-state index is 10.8. The fourth-order valence-electron chi connectivity index (χ4n) is 2.71. The van der Waals surface area contributed by atoms with Crippen molar-refractivity contribution >= 4 is 0 Å². The van der Waals surface area contributed by atoms with Gasteiger partial charge >= 0.3 is 0 Å². The Kier molecular flexibility index (Phi) is 5.09. The largest absolute Gasteiger partial charge is 0.507 e. The first-order valence-corrected chi connectivity index (χ1v) is 8.50. The third kappa shape index (κ3) is 4.42. The summed E-state index contributed by atoms with van der Waals surface area (Å²) in [6, 6.07) is 14.2. The third-order valence-corrected chi connectivity index (χ3v) is 4.08. The van der Waals surface area contributed by atoms with E-state index in [2.05, 4.69) is 65.5 Å². The number of rotatable bonds is 1. The molecule has 0 aromatic heterocycles. The van der Waals surface area contributed by atoms with Gasteiger partial charge in [0.25, 0.3) is 0 Å². The van der Waals surface area contributed by atoms with Crippen molar-refractivity contribution in [1.29, 1.82) is 0 Å². The molecule has 0 aliphatic heterocycles. The van der Waals surface area contributed by atoms with Crippen LogP contribution in [0.5, 0.6) is 5.75 Å². The molecule has 0 fully saturated rings. The monoisotopic (exact) mass is 320 g/mol. The van der Waals surface area contributed by atoms with Gasteiger partial charge in [-0.25, -0.2) is 0 Å². The molecule has 0 aliphatic carbocycles. The molecule has 1 nitrogen and oxygen atoms in total. The Morgan fingerprint density at radius 3 is 1.79 bits per heavy atom. The van der Waals surface area contributed by atoms with E-state index in [4.69, 9.17) is 0 Å². The fourth-order valence-corrected chi connectivity index (χ4v) is 2.71. The van der Waals surface area contributed by atoms with E-state index in [0.29, 0.717) is 12.2 Å². The van der Waals surface area contributed by atoms with Gasteiger partial charge in [-0.2, -0.15) is 0 Å². The number of hydrogen-bond donors (Lipinski definition) is 1. The van der Waals surface area contributed by atoms with E-state index in [9.17, 15) is 5.11 Å². The Bertz CT molecular complexity index is 725. The summed E-state index contributed by atoms with van der Waals surface area (Å²) in [6.45, 7) is 12.8. The molecule has 0 saturated heterocycles. The second-order valence-corrected chi connectivity index (χ2v) is 8.38. The Hall–Kier alpha value is -2.20. The summed E-state index contributed by atoms with van der Waals surface area (Å²) in [5.74, 6) is 6.90. The molecule has 126 valence electrons. The van der Waals surface area contributed by atoms with Crippen LogP contribution in [0.15, 0.2) is 42.5 Å². The predicted octanol–water partition coefficient (Wildman–Crippen LogP) is 5.58. The molecule has 0 radical (unpaired) electrons. The zero-order valence-corrected chi connectivity index (χ0v) is 15.7. The van der Waals surface area contributed by atoms with Crippen LogP contribution in [0.25, 0.3) is 0 Å².